The number of likely N-dealkylation sites (tertiary alicyclic amines) is 1. The van der Waals surface area contributed by atoms with Crippen LogP contribution in [0.3, 0.4) is 0 Å². The van der Waals surface area contributed by atoms with Crippen LogP contribution in [0.5, 0.6) is 11.5 Å². The second-order valence-electron chi connectivity index (χ2n) is 22.5. The number of ether oxygens (including phenoxy) is 4. The van der Waals surface area contributed by atoms with Crippen molar-refractivity contribution in [1.82, 2.24) is 9.80 Å². The molecule has 9 nitrogen and oxygen atoms in total. The summed E-state index contributed by atoms with van der Waals surface area (Å²) in [6.07, 6.45) is 17.8. The molecule has 0 N–H and O–H groups in total. The van der Waals surface area contributed by atoms with E-state index in [0.29, 0.717) is 65.2 Å². The summed E-state index contributed by atoms with van der Waals surface area (Å²) in [6.45, 7) is 14.4. The molecule has 14 rings (SSSR count). The molecule has 0 bridgehead atoms. The Labute approximate surface area is 522 Å². The summed E-state index contributed by atoms with van der Waals surface area (Å²) in [4.78, 5) is 41.2. The monoisotopic (exact) mass is 1260 g/mol. The van der Waals surface area contributed by atoms with Crippen LogP contribution >= 0.6 is 105 Å². The molecule has 426 valence electrons. The average Bonchev–Trinajstić information content (AvgIpc) is 3.41. The number of fused-ring (bicyclic) bond motifs is 6. The van der Waals surface area contributed by atoms with Crippen molar-refractivity contribution in [2.75, 3.05) is 55.9 Å². The van der Waals surface area contributed by atoms with Crippen LogP contribution in [0.25, 0.3) is 37.1 Å². The number of amides is 2. The maximum atomic E-state index is 13.6. The minimum absolute atomic E-state index is 0. The second kappa shape index (κ2) is 22.4. The van der Waals surface area contributed by atoms with E-state index in [1.165, 1.54) is 58.2 Å². The number of thiocarbonyl (C=S) groups is 2. The molecule has 1 aliphatic carbocycles. The lowest BCUT2D eigenvalue weighted by molar-refractivity contribution is -0.131. The Morgan fingerprint density at radius 3 is 2.38 bits per heavy atom. The third-order valence-electron chi connectivity index (χ3n) is 17.2. The third kappa shape index (κ3) is 9.73. The first kappa shape index (κ1) is 55.4. The first-order valence-corrected chi connectivity index (χ1v) is 35.4. The van der Waals surface area contributed by atoms with Crippen LogP contribution in [0, 0.1) is 17.8 Å². The number of carbonyl (C=O) groups is 2. The smallest absolute Gasteiger partial charge is 0.266 e. The molecular formula is C64H65N3O6S9. The first-order valence-electron chi connectivity index (χ1n) is 28.4. The van der Waals surface area contributed by atoms with E-state index < -0.39 is 0 Å². The fraction of sp³-hybridized carbons (Fsp3) is 0.375. The van der Waals surface area contributed by atoms with Crippen molar-refractivity contribution >= 4 is 175 Å². The largest absolute Gasteiger partial charge is 0.486 e. The first-order chi connectivity index (χ1) is 39.8. The summed E-state index contributed by atoms with van der Waals surface area (Å²) in [5, 5.41) is 0.716. The van der Waals surface area contributed by atoms with Crippen LogP contribution in [-0.2, 0) is 24.5 Å². The summed E-state index contributed by atoms with van der Waals surface area (Å²) in [7, 11) is 0. The Hall–Kier alpha value is -4.50. The Kier molecular flexibility index (Phi) is 15.1. The lowest BCUT2D eigenvalue weighted by atomic mass is 9.64. The number of benzene rings is 2. The molecule has 0 spiro atoms. The number of carbonyl (C=O) groups excluding carboxylic acids is 2. The Morgan fingerprint density at radius 1 is 0.829 bits per heavy atom. The molecule has 6 unspecified atom stereocenters. The molecule has 11 heterocycles. The summed E-state index contributed by atoms with van der Waals surface area (Å²) in [6, 6.07) is 22.4. The highest BCUT2D eigenvalue weighted by Gasteiger charge is 2.47. The van der Waals surface area contributed by atoms with Crippen LogP contribution in [0.15, 0.2) is 112 Å². The van der Waals surface area contributed by atoms with Crippen molar-refractivity contribution in [2.24, 2.45) is 17.8 Å². The summed E-state index contributed by atoms with van der Waals surface area (Å²) < 4.78 is 29.5. The molecule has 3 aromatic heterocycles. The summed E-state index contributed by atoms with van der Waals surface area (Å²) >= 11 is 23.6. The number of thiophene rings is 3. The third-order valence-corrected chi connectivity index (χ3v) is 26.7. The molecule has 6 atom stereocenters. The average molecular weight is 1260 g/mol. The summed E-state index contributed by atoms with van der Waals surface area (Å²) in [5.74, 6) is 5.67. The predicted molar refractivity (Wildman–Crippen MR) is 360 cm³/mol. The van der Waals surface area contributed by atoms with Crippen LogP contribution in [0.2, 0.25) is 0 Å². The van der Waals surface area contributed by atoms with Gasteiger partial charge in [-0.2, -0.15) is 0 Å². The van der Waals surface area contributed by atoms with Crippen molar-refractivity contribution in [2.45, 2.75) is 82.3 Å². The highest BCUT2D eigenvalue weighted by molar-refractivity contribution is 8.26. The van der Waals surface area contributed by atoms with E-state index in [9.17, 15) is 9.59 Å². The van der Waals surface area contributed by atoms with Crippen LogP contribution < -0.4 is 14.4 Å². The molecule has 5 aromatic rings. The molecule has 3 fully saturated rings. The molecule has 3 saturated heterocycles. The van der Waals surface area contributed by atoms with E-state index in [4.69, 9.17) is 43.4 Å². The van der Waals surface area contributed by atoms with Crippen molar-refractivity contribution in [3.63, 3.8) is 0 Å². The number of allylic oxidation sites excluding steroid dienone is 3. The molecule has 0 saturated carbocycles. The molecule has 2 aromatic carbocycles. The van der Waals surface area contributed by atoms with E-state index >= 15 is 0 Å². The zero-order chi connectivity index (χ0) is 56.1. The fourth-order valence-electron chi connectivity index (χ4n) is 13.0. The van der Waals surface area contributed by atoms with Crippen LogP contribution in [0.4, 0.5) is 11.4 Å². The minimum Gasteiger partial charge on any atom is -0.486 e. The lowest BCUT2D eigenvalue weighted by Gasteiger charge is -2.51. The van der Waals surface area contributed by atoms with Gasteiger partial charge in [-0.1, -0.05) is 112 Å². The number of hydrogen-bond acceptors (Lipinski definition) is 16. The van der Waals surface area contributed by atoms with Crippen LogP contribution in [0.1, 0.15) is 93.8 Å². The minimum atomic E-state index is -0.291. The van der Waals surface area contributed by atoms with E-state index in [2.05, 4.69) is 117 Å². The highest BCUT2D eigenvalue weighted by Crippen LogP contribution is 2.58. The highest BCUT2D eigenvalue weighted by atomic mass is 32.2. The van der Waals surface area contributed by atoms with Gasteiger partial charge in [-0.3, -0.25) is 14.5 Å². The van der Waals surface area contributed by atoms with E-state index in [0.717, 1.165) is 96.7 Å². The SMILES string of the molecule is CCN1C(=O)C(CC(C)C2=CC3SCC(c4sc(C5=CC6C(C=C5)N(c5ccccc5)c5ccc(C7=C8OCCOC8=C(c8cc9sc(/C=C%10/SC(=S)N(CC)C%10=O)cc9s8)CS7)cc5C6(C)C)c5c4OCCO5)=CC3S2)CCCC1=S.[HH].[HH]. The molecular weight excluding hydrogens is 1200 g/mol. The van der Waals surface area contributed by atoms with Crippen molar-refractivity contribution in [3.05, 3.63) is 143 Å². The number of nitrogens with zero attached hydrogens (tertiary/aromatic N) is 3. The van der Waals surface area contributed by atoms with Gasteiger partial charge in [0, 0.05) is 91.3 Å². The van der Waals surface area contributed by atoms with Gasteiger partial charge < -0.3 is 28.7 Å². The topological polar surface area (TPSA) is 80.8 Å². The van der Waals surface area contributed by atoms with Gasteiger partial charge in [0.2, 0.25) is 5.91 Å². The van der Waals surface area contributed by atoms with Gasteiger partial charge in [-0.25, -0.2) is 0 Å². The number of para-hydroxylation sites is 1. The van der Waals surface area contributed by atoms with Gasteiger partial charge in [-0.05, 0) is 115 Å². The van der Waals surface area contributed by atoms with E-state index in [-0.39, 0.29) is 38.0 Å². The van der Waals surface area contributed by atoms with E-state index in [1.807, 2.05) is 71.4 Å². The molecule has 8 aliphatic heterocycles. The fourth-order valence-corrected chi connectivity index (χ4v) is 22.7. The lowest BCUT2D eigenvalue weighted by Crippen LogP contribution is -2.50. The zero-order valence-corrected chi connectivity index (χ0v) is 53.5. The van der Waals surface area contributed by atoms with Crippen molar-refractivity contribution in [3.8, 4) is 11.5 Å². The number of anilines is 2. The van der Waals surface area contributed by atoms with Gasteiger partial charge >= 0.3 is 0 Å². The molecule has 82 heavy (non-hydrogen) atoms. The van der Waals surface area contributed by atoms with E-state index in [1.54, 1.807) is 27.6 Å². The second-order valence-corrected chi connectivity index (χ2v) is 31.2. The Bertz CT molecular complexity index is 3730. The molecule has 18 heteroatoms. The molecule has 0 radical (unpaired) electrons. The van der Waals surface area contributed by atoms with Crippen molar-refractivity contribution < 1.29 is 31.4 Å². The van der Waals surface area contributed by atoms with Crippen molar-refractivity contribution in [1.29, 1.82) is 0 Å². The number of likely N-dealkylation sites (N-methyl/N-ethyl adjacent to an activating group) is 1. The van der Waals surface area contributed by atoms with Gasteiger partial charge in [0.05, 0.1) is 30.6 Å². The van der Waals surface area contributed by atoms with Gasteiger partial charge in [0.25, 0.3) is 5.91 Å². The van der Waals surface area contributed by atoms with Gasteiger partial charge in [0.1, 0.15) is 30.7 Å². The Balaban J connectivity index is 0.00000347. The zero-order valence-electron chi connectivity index (χ0n) is 46.2. The standard InChI is InChI=1S/C64H61N3O6S9.2H2/c1-6-65-53(74)15-11-12-37(61(65)68)24-34(3)46-30-48-49(79-46)27-38(32-76-48)60-57-56(72-22-23-73-57)59(82-60)36-17-19-45-43(26-36)64(4,5)42-25-35(16-18-44(42)67(45)39-13-9-8-10-14-39)58-55-54(70-20-21-71-55)41(33-77-58)47-31-51-50(80-47)28-40(78-51)29-52-62(69)66(7-2)63(75)81-52;;/h8-10,13-14,16-19,25-31,34,37,43,45,48-49H,6-7,11-12,15,20-24,32-33H2,1-5H3;2*1H/b52-29+;;. The molecule has 2 amide bonds. The summed E-state index contributed by atoms with van der Waals surface area (Å²) in [5.41, 5.74) is 8.13. The number of hydrogen-bond donors (Lipinski definition) is 0. The maximum absolute atomic E-state index is 13.6. The van der Waals surface area contributed by atoms with Crippen LogP contribution in [-0.4, -0.2) is 98.5 Å². The predicted octanol–water partition coefficient (Wildman–Crippen LogP) is 16.9. The number of thioether (sulfide) groups is 4. The Morgan fingerprint density at radius 2 is 1.60 bits per heavy atom. The molecule has 9 aliphatic rings. The van der Waals surface area contributed by atoms with Gasteiger partial charge in [-0.15, -0.1) is 69.3 Å². The number of rotatable bonds is 11. The van der Waals surface area contributed by atoms with Gasteiger partial charge in [0.15, 0.2) is 23.0 Å². The maximum Gasteiger partial charge on any atom is 0.266 e. The quantitative estimate of drug-likeness (QED) is 0.0931. The normalized spacial score (nSPS) is 25.8.